The van der Waals surface area contributed by atoms with Gasteiger partial charge in [0.25, 0.3) is 0 Å². The first-order valence-electron chi connectivity index (χ1n) is 12.0. The van der Waals surface area contributed by atoms with E-state index in [1.807, 2.05) is 49.1 Å². The SMILES string of the molecule is CCCN1C[C@@H](C(=O)N2C[C@@H](C)[C@](O)(c3ccccc3)[C@@H](C)C2)[C@H](c2ccc(F)cc2F)C1. The quantitative estimate of drug-likeness (QED) is 0.726. The van der Waals surface area contributed by atoms with E-state index in [4.69, 9.17) is 0 Å². The molecule has 0 aromatic heterocycles. The van der Waals surface area contributed by atoms with Crippen LogP contribution in [-0.4, -0.2) is 53.5 Å². The summed E-state index contributed by atoms with van der Waals surface area (Å²) in [4.78, 5) is 17.8. The highest BCUT2D eigenvalue weighted by Gasteiger charge is 2.49. The van der Waals surface area contributed by atoms with Crippen molar-refractivity contribution in [3.8, 4) is 0 Å². The molecule has 2 saturated heterocycles. The molecule has 0 spiro atoms. The van der Waals surface area contributed by atoms with Gasteiger partial charge in [-0.1, -0.05) is 57.2 Å². The Morgan fingerprint density at radius 3 is 2.30 bits per heavy atom. The normalized spacial score (nSPS) is 30.5. The average Bonchev–Trinajstić information content (AvgIpc) is 3.21. The highest BCUT2D eigenvalue weighted by atomic mass is 19.1. The lowest BCUT2D eigenvalue weighted by atomic mass is 9.70. The van der Waals surface area contributed by atoms with Crippen molar-refractivity contribution in [2.75, 3.05) is 32.7 Å². The zero-order valence-electron chi connectivity index (χ0n) is 19.7. The van der Waals surface area contributed by atoms with Gasteiger partial charge in [0.15, 0.2) is 0 Å². The molecule has 1 N–H and O–H groups in total. The molecule has 4 nitrogen and oxygen atoms in total. The van der Waals surface area contributed by atoms with Crippen molar-refractivity contribution in [1.29, 1.82) is 0 Å². The summed E-state index contributed by atoms with van der Waals surface area (Å²) in [5.74, 6) is -2.21. The zero-order chi connectivity index (χ0) is 23.8. The first-order chi connectivity index (χ1) is 15.8. The molecule has 0 aliphatic carbocycles. The van der Waals surface area contributed by atoms with Crippen LogP contribution in [-0.2, 0) is 10.4 Å². The van der Waals surface area contributed by atoms with Crippen LogP contribution in [0, 0.1) is 29.4 Å². The van der Waals surface area contributed by atoms with Gasteiger partial charge in [-0.25, -0.2) is 8.78 Å². The van der Waals surface area contributed by atoms with Crippen LogP contribution in [0.5, 0.6) is 0 Å². The van der Waals surface area contributed by atoms with Gasteiger partial charge in [-0.15, -0.1) is 0 Å². The van der Waals surface area contributed by atoms with E-state index < -0.39 is 17.2 Å². The first-order valence-corrected chi connectivity index (χ1v) is 12.0. The van der Waals surface area contributed by atoms with Crippen molar-refractivity contribution in [1.82, 2.24) is 9.80 Å². The molecule has 0 radical (unpaired) electrons. The van der Waals surface area contributed by atoms with E-state index in [2.05, 4.69) is 11.8 Å². The topological polar surface area (TPSA) is 43.8 Å². The monoisotopic (exact) mass is 456 g/mol. The molecule has 4 rings (SSSR count). The molecular weight excluding hydrogens is 422 g/mol. The molecule has 2 heterocycles. The molecule has 33 heavy (non-hydrogen) atoms. The van der Waals surface area contributed by atoms with E-state index in [-0.39, 0.29) is 29.6 Å². The summed E-state index contributed by atoms with van der Waals surface area (Å²) in [5.41, 5.74) is 0.273. The maximum Gasteiger partial charge on any atom is 0.227 e. The number of halogens is 2. The minimum atomic E-state index is -1.01. The molecule has 6 heteroatoms. The largest absolute Gasteiger partial charge is 0.384 e. The second-order valence-electron chi connectivity index (χ2n) is 9.88. The van der Waals surface area contributed by atoms with Crippen molar-refractivity contribution < 1.29 is 18.7 Å². The standard InChI is InChI=1S/C27H34F2N2O2/c1-4-12-30-16-23(22-11-10-21(28)13-25(22)29)24(17-30)26(32)31-14-18(2)27(33,19(3)15-31)20-8-6-5-7-9-20/h5-11,13,18-19,23-24,33H,4,12,14-17H2,1-3H3/t18-,19+,23-,24+,27-/m0/s1. The fraction of sp³-hybridized carbons (Fsp3) is 0.519. The molecule has 2 aliphatic rings. The van der Waals surface area contributed by atoms with Gasteiger partial charge in [0.1, 0.15) is 11.6 Å². The number of hydrogen-bond acceptors (Lipinski definition) is 3. The molecule has 2 fully saturated rings. The smallest absolute Gasteiger partial charge is 0.227 e. The van der Waals surface area contributed by atoms with Crippen LogP contribution in [0.4, 0.5) is 8.78 Å². The van der Waals surface area contributed by atoms with E-state index in [1.54, 1.807) is 0 Å². The summed E-state index contributed by atoms with van der Waals surface area (Å²) in [6.07, 6.45) is 0.946. The van der Waals surface area contributed by atoms with E-state index >= 15 is 0 Å². The van der Waals surface area contributed by atoms with Gasteiger partial charge in [-0.3, -0.25) is 4.79 Å². The van der Waals surface area contributed by atoms with Crippen molar-refractivity contribution in [3.05, 3.63) is 71.3 Å². The molecule has 0 saturated carbocycles. The number of nitrogens with zero attached hydrogens (tertiary/aromatic N) is 2. The molecule has 5 atom stereocenters. The molecule has 2 aromatic rings. The van der Waals surface area contributed by atoms with E-state index in [9.17, 15) is 18.7 Å². The number of carbonyl (C=O) groups is 1. The number of rotatable bonds is 5. The minimum absolute atomic E-state index is 0.00357. The third kappa shape index (κ3) is 4.43. The van der Waals surface area contributed by atoms with Crippen LogP contribution < -0.4 is 0 Å². The van der Waals surface area contributed by atoms with Crippen molar-refractivity contribution >= 4 is 5.91 Å². The second-order valence-corrected chi connectivity index (χ2v) is 9.88. The molecule has 2 aromatic carbocycles. The molecule has 2 aliphatic heterocycles. The Morgan fingerprint density at radius 2 is 1.70 bits per heavy atom. The Balaban J connectivity index is 1.58. The summed E-state index contributed by atoms with van der Waals surface area (Å²) < 4.78 is 28.2. The Labute approximate surface area is 195 Å². The highest BCUT2D eigenvalue weighted by Crippen LogP contribution is 2.43. The Morgan fingerprint density at radius 1 is 1.03 bits per heavy atom. The number of hydrogen-bond donors (Lipinski definition) is 1. The zero-order valence-corrected chi connectivity index (χ0v) is 19.7. The maximum atomic E-state index is 14.7. The number of likely N-dealkylation sites (tertiary alicyclic amines) is 2. The lowest BCUT2D eigenvalue weighted by molar-refractivity contribution is -0.152. The lowest BCUT2D eigenvalue weighted by Gasteiger charge is -2.48. The Bertz CT molecular complexity index is 971. The first kappa shape index (κ1) is 23.8. The van der Waals surface area contributed by atoms with Gasteiger partial charge in [0.2, 0.25) is 5.91 Å². The fourth-order valence-electron chi connectivity index (χ4n) is 5.94. The van der Waals surface area contributed by atoms with Crippen LogP contribution in [0.25, 0.3) is 0 Å². The predicted octanol–water partition coefficient (Wildman–Crippen LogP) is 4.39. The lowest BCUT2D eigenvalue weighted by Crippen LogP contribution is -2.57. The van der Waals surface area contributed by atoms with Crippen LogP contribution in [0.2, 0.25) is 0 Å². The van der Waals surface area contributed by atoms with Crippen LogP contribution >= 0.6 is 0 Å². The summed E-state index contributed by atoms with van der Waals surface area (Å²) >= 11 is 0. The molecule has 0 unspecified atom stereocenters. The van der Waals surface area contributed by atoms with E-state index in [1.165, 1.54) is 12.1 Å². The summed E-state index contributed by atoms with van der Waals surface area (Å²) in [5, 5.41) is 11.6. The minimum Gasteiger partial charge on any atom is -0.384 e. The predicted molar refractivity (Wildman–Crippen MR) is 125 cm³/mol. The Kier molecular flexibility index (Phi) is 6.87. The summed E-state index contributed by atoms with van der Waals surface area (Å²) in [6, 6.07) is 13.3. The summed E-state index contributed by atoms with van der Waals surface area (Å²) in [7, 11) is 0. The van der Waals surface area contributed by atoms with Crippen molar-refractivity contribution in [2.24, 2.45) is 17.8 Å². The fourth-order valence-corrected chi connectivity index (χ4v) is 5.94. The van der Waals surface area contributed by atoms with E-state index in [0.717, 1.165) is 24.6 Å². The molecular formula is C27H34F2N2O2. The van der Waals surface area contributed by atoms with E-state index in [0.29, 0.717) is 31.7 Å². The average molecular weight is 457 g/mol. The van der Waals surface area contributed by atoms with Crippen LogP contribution in [0.1, 0.15) is 44.2 Å². The van der Waals surface area contributed by atoms with Gasteiger partial charge in [-0.2, -0.15) is 0 Å². The maximum absolute atomic E-state index is 14.7. The van der Waals surface area contributed by atoms with Gasteiger partial charge in [-0.05, 0) is 30.2 Å². The van der Waals surface area contributed by atoms with Crippen LogP contribution in [0.3, 0.4) is 0 Å². The highest BCUT2D eigenvalue weighted by molar-refractivity contribution is 5.81. The third-order valence-corrected chi connectivity index (χ3v) is 7.65. The molecule has 1 amide bonds. The van der Waals surface area contributed by atoms with Gasteiger partial charge >= 0.3 is 0 Å². The molecule has 0 bridgehead atoms. The number of aliphatic hydroxyl groups is 1. The number of benzene rings is 2. The van der Waals surface area contributed by atoms with Gasteiger partial charge < -0.3 is 14.9 Å². The van der Waals surface area contributed by atoms with Crippen LogP contribution in [0.15, 0.2) is 48.5 Å². The number of piperidine rings is 1. The number of amides is 1. The third-order valence-electron chi connectivity index (χ3n) is 7.65. The van der Waals surface area contributed by atoms with Crippen molar-refractivity contribution in [2.45, 2.75) is 38.7 Å². The number of carbonyl (C=O) groups excluding carboxylic acids is 1. The Hall–Kier alpha value is -2.31. The molecule has 178 valence electrons. The van der Waals surface area contributed by atoms with Gasteiger partial charge in [0, 0.05) is 50.0 Å². The van der Waals surface area contributed by atoms with Gasteiger partial charge in [0.05, 0.1) is 11.5 Å². The summed E-state index contributed by atoms with van der Waals surface area (Å²) in [6.45, 7) is 8.92. The second kappa shape index (κ2) is 9.51. The van der Waals surface area contributed by atoms with Crippen molar-refractivity contribution in [3.63, 3.8) is 0 Å².